The van der Waals surface area contributed by atoms with E-state index in [2.05, 4.69) is 30.9 Å². The van der Waals surface area contributed by atoms with Crippen LogP contribution < -0.4 is 26.0 Å². The molecule has 4 aromatic heterocycles. The molecule has 4 aromatic rings. The van der Waals surface area contributed by atoms with E-state index in [1.54, 1.807) is 0 Å². The second kappa shape index (κ2) is 13.2. The largest absolute Gasteiger partial charge is 0.543 e. The van der Waals surface area contributed by atoms with E-state index in [1.807, 2.05) is 45.9 Å². The summed E-state index contributed by atoms with van der Waals surface area (Å²) in [6.45, 7) is 4.57. The molecule has 7 rings (SSSR count). The van der Waals surface area contributed by atoms with Crippen molar-refractivity contribution in [2.75, 3.05) is 24.6 Å². The summed E-state index contributed by atoms with van der Waals surface area (Å²) in [6, 6.07) is 4.58. The number of carboxylic acids is 2. The fourth-order valence-electron chi connectivity index (χ4n) is 5.69. The van der Waals surface area contributed by atoms with Crippen molar-refractivity contribution in [1.82, 2.24) is 30.2 Å². The maximum Gasteiger partial charge on any atom is 0.350 e. The predicted molar refractivity (Wildman–Crippen MR) is 180 cm³/mol. The minimum absolute atomic E-state index is 0.0115. The quantitative estimate of drug-likeness (QED) is 0.0594. The van der Waals surface area contributed by atoms with Crippen LogP contribution >= 0.6 is 23.1 Å². The van der Waals surface area contributed by atoms with Crippen LogP contribution in [-0.2, 0) is 37.1 Å². The first-order chi connectivity index (χ1) is 24.4. The molecule has 1 fully saturated rings. The Morgan fingerprint density at radius 2 is 2.16 bits per heavy atom. The van der Waals surface area contributed by atoms with Gasteiger partial charge in [0.05, 0.1) is 35.7 Å². The van der Waals surface area contributed by atoms with Gasteiger partial charge in [-0.1, -0.05) is 10.3 Å². The number of anilines is 1. The Labute approximate surface area is 296 Å². The van der Waals surface area contributed by atoms with Gasteiger partial charge in [0.15, 0.2) is 41.4 Å². The molecule has 3 aliphatic heterocycles. The fraction of sp³-hybridized carbons (Fsp3) is 0.323. The summed E-state index contributed by atoms with van der Waals surface area (Å²) in [4.78, 5) is 65.3. The number of carboxylic acid groups (broad SMARTS) is 2. The SMILES string of the molecule is CC(C)(ON=C(C(=O)N[C@@H]1C(=O)N2C(C(=O)[O-])=C(C[n+]3ccc4c(ccn4Cc4cc(C5=NCCN5)no4)c3)CS[C@H]12)c1csc(N)n1)C(=O)O. The molecule has 264 valence electrons. The fourth-order valence-corrected chi connectivity index (χ4v) is 7.57. The standard InChI is InChI=1S/C31H30N10O8S2/c1-31(2,29(46)47)49-38-21(19-14-51-30(32)35-19)25(42)36-22-26(43)41-23(28(44)45)16(13-50-27(22)41)11-39-7-4-20-15(10-39)3-8-40(20)12-17-9-18(37-48-17)24-33-5-6-34-24/h3-4,7-10,14,22,27H,5-6,11-13H2,1-2H3,(H5-,32,33,34,35,36,42,44,45,46,47)/t22-,27-/m1/s1. The van der Waals surface area contributed by atoms with Crippen LogP contribution in [0.4, 0.5) is 5.13 Å². The summed E-state index contributed by atoms with van der Waals surface area (Å²) in [6.07, 6.45) is 5.62. The third-order valence-corrected chi connectivity index (χ3v) is 10.3. The molecule has 0 aliphatic carbocycles. The molecule has 3 aliphatic rings. The van der Waals surface area contributed by atoms with Crippen LogP contribution in [0.1, 0.15) is 31.0 Å². The van der Waals surface area contributed by atoms with Gasteiger partial charge in [0.25, 0.3) is 11.8 Å². The van der Waals surface area contributed by atoms with Gasteiger partial charge in [-0.2, -0.15) is 0 Å². The molecule has 0 aromatic carbocycles. The first-order valence-corrected chi connectivity index (χ1v) is 17.4. The van der Waals surface area contributed by atoms with Gasteiger partial charge in [-0.05, 0) is 19.9 Å². The molecular formula is C31H30N10O8S2. The van der Waals surface area contributed by atoms with E-state index in [0.717, 1.165) is 33.7 Å². The van der Waals surface area contributed by atoms with Gasteiger partial charge in [0.2, 0.25) is 5.60 Å². The number of nitrogens with zero attached hydrogens (tertiary/aromatic N) is 7. The van der Waals surface area contributed by atoms with Crippen molar-refractivity contribution in [3.63, 3.8) is 0 Å². The number of aliphatic imine (C=N–C) groups is 1. The van der Waals surface area contributed by atoms with Gasteiger partial charge < -0.3 is 45.3 Å². The first-order valence-electron chi connectivity index (χ1n) is 15.5. The number of hydrogen-bond donors (Lipinski definition) is 4. The van der Waals surface area contributed by atoms with Gasteiger partial charge in [0.1, 0.15) is 22.8 Å². The number of amides is 2. The van der Waals surface area contributed by atoms with E-state index in [0.29, 0.717) is 36.0 Å². The smallest absolute Gasteiger partial charge is 0.350 e. The average Bonchev–Trinajstić information content (AvgIpc) is 3.92. The minimum atomic E-state index is -1.78. The van der Waals surface area contributed by atoms with Crippen molar-refractivity contribution in [2.24, 2.45) is 10.1 Å². The van der Waals surface area contributed by atoms with Crippen LogP contribution in [0, 0.1) is 0 Å². The number of nitrogens with one attached hydrogen (secondary N) is 2. The normalized spacial score (nSPS) is 19.0. The maximum atomic E-state index is 13.4. The minimum Gasteiger partial charge on any atom is -0.543 e. The van der Waals surface area contributed by atoms with Crippen LogP contribution in [0.5, 0.6) is 0 Å². The van der Waals surface area contributed by atoms with Crippen LogP contribution in [-0.4, -0.2) is 95.9 Å². The molecule has 0 spiro atoms. The number of oxime groups is 1. The maximum absolute atomic E-state index is 13.4. The molecule has 5 N–H and O–H groups in total. The van der Waals surface area contributed by atoms with E-state index in [9.17, 15) is 29.4 Å². The van der Waals surface area contributed by atoms with E-state index >= 15 is 0 Å². The Hall–Kier alpha value is -5.76. The highest BCUT2D eigenvalue weighted by Crippen LogP contribution is 2.40. The number of pyridine rings is 1. The molecule has 0 bridgehead atoms. The average molecular weight is 735 g/mol. The predicted octanol–water partition coefficient (Wildman–Crippen LogP) is -0.958. The topological polar surface area (TPSA) is 247 Å². The van der Waals surface area contributed by atoms with Crippen molar-refractivity contribution in [3.8, 4) is 0 Å². The van der Waals surface area contributed by atoms with Crippen LogP contribution in [0.15, 0.2) is 68.1 Å². The molecule has 2 amide bonds. The van der Waals surface area contributed by atoms with Gasteiger partial charge in [0, 0.05) is 41.6 Å². The Bertz CT molecular complexity index is 2180. The zero-order valence-corrected chi connectivity index (χ0v) is 28.7. The highest BCUT2D eigenvalue weighted by molar-refractivity contribution is 8.00. The highest BCUT2D eigenvalue weighted by Gasteiger charge is 2.53. The molecule has 20 heteroatoms. The molecule has 1 saturated heterocycles. The zero-order chi connectivity index (χ0) is 36.0. The Balaban J connectivity index is 1.06. The molecule has 0 unspecified atom stereocenters. The van der Waals surface area contributed by atoms with Crippen molar-refractivity contribution < 1.29 is 43.3 Å². The molecular weight excluding hydrogens is 705 g/mol. The second-order valence-corrected chi connectivity index (χ2v) is 14.2. The molecule has 2 atom stereocenters. The van der Waals surface area contributed by atoms with Gasteiger partial charge in [-0.25, -0.2) is 14.3 Å². The zero-order valence-electron chi connectivity index (χ0n) is 27.1. The number of β-lactam (4-membered cyclic amide) rings is 1. The summed E-state index contributed by atoms with van der Waals surface area (Å²) in [5, 5.41) is 37.1. The van der Waals surface area contributed by atoms with Gasteiger partial charge >= 0.3 is 5.97 Å². The lowest BCUT2D eigenvalue weighted by Crippen LogP contribution is -2.71. The summed E-state index contributed by atoms with van der Waals surface area (Å²) in [5.74, 6) is -2.78. The Kier molecular flexibility index (Phi) is 8.71. The number of aromatic nitrogens is 4. The summed E-state index contributed by atoms with van der Waals surface area (Å²) >= 11 is 2.30. The number of aliphatic carboxylic acids is 2. The van der Waals surface area contributed by atoms with Crippen molar-refractivity contribution in [2.45, 2.75) is 44.0 Å². The number of thioether (sulfide) groups is 1. The third kappa shape index (κ3) is 6.50. The lowest BCUT2D eigenvalue weighted by molar-refractivity contribution is -0.687. The van der Waals surface area contributed by atoms with Crippen molar-refractivity contribution in [3.05, 3.63) is 70.6 Å². The summed E-state index contributed by atoms with van der Waals surface area (Å²) in [5.41, 5.74) is 5.33. The first kappa shape index (κ1) is 33.7. The van der Waals surface area contributed by atoms with Crippen LogP contribution in [0.3, 0.4) is 0 Å². The van der Waals surface area contributed by atoms with Crippen molar-refractivity contribution in [1.29, 1.82) is 0 Å². The molecule has 7 heterocycles. The number of nitrogens with two attached hydrogens (primary N) is 1. The lowest BCUT2D eigenvalue weighted by Gasteiger charge is -2.50. The molecule has 51 heavy (non-hydrogen) atoms. The summed E-state index contributed by atoms with van der Waals surface area (Å²) in [7, 11) is 0. The van der Waals surface area contributed by atoms with Crippen LogP contribution in [0.2, 0.25) is 0 Å². The lowest BCUT2D eigenvalue weighted by atomic mass is 10.0. The second-order valence-electron chi connectivity index (χ2n) is 12.3. The summed E-state index contributed by atoms with van der Waals surface area (Å²) < 4.78 is 9.36. The van der Waals surface area contributed by atoms with E-state index < -0.39 is 46.5 Å². The Morgan fingerprint density at radius 1 is 1.33 bits per heavy atom. The van der Waals surface area contributed by atoms with Crippen LogP contribution in [0.25, 0.3) is 10.9 Å². The van der Waals surface area contributed by atoms with Gasteiger partial charge in [-0.3, -0.25) is 19.5 Å². The third-order valence-electron chi connectivity index (χ3n) is 8.33. The number of nitrogen functional groups attached to an aromatic ring is 1. The Morgan fingerprint density at radius 3 is 2.86 bits per heavy atom. The van der Waals surface area contributed by atoms with Crippen molar-refractivity contribution >= 4 is 74.4 Å². The molecule has 0 radical (unpaired) electrons. The monoisotopic (exact) mass is 734 g/mol. The van der Waals surface area contributed by atoms with E-state index in [1.165, 1.54) is 31.0 Å². The number of thiazole rings is 1. The number of carbonyl (C=O) groups excluding carboxylic acids is 3. The molecule has 18 nitrogen and oxygen atoms in total. The van der Waals surface area contributed by atoms with E-state index in [4.69, 9.17) is 15.1 Å². The van der Waals surface area contributed by atoms with E-state index in [-0.39, 0.29) is 28.8 Å². The number of rotatable bonds is 12. The number of carbonyl (C=O) groups is 4. The molecule has 0 saturated carbocycles. The van der Waals surface area contributed by atoms with Gasteiger partial charge in [-0.15, -0.1) is 23.1 Å². The number of fused-ring (bicyclic) bond motifs is 2. The number of amidine groups is 1. The number of hydrogen-bond acceptors (Lipinski definition) is 15. The highest BCUT2D eigenvalue weighted by atomic mass is 32.2.